The fourth-order valence-corrected chi connectivity index (χ4v) is 1.31. The average molecular weight is 226 g/mol. The molecule has 1 unspecified atom stereocenters. The largest absolute Gasteiger partial charge is 0.330 e. The fourth-order valence-electron chi connectivity index (χ4n) is 1.31. The molecule has 16 heavy (non-hydrogen) atoms. The number of carbonyl (C=O) groups is 3. The number of barbiturate groups is 1. The Labute approximate surface area is 95.2 Å². The second-order valence-electron chi connectivity index (χ2n) is 5.30. The minimum atomic E-state index is -0.600. The number of urea groups is 1. The van der Waals surface area contributed by atoms with Crippen LogP contribution in [-0.4, -0.2) is 29.3 Å². The summed E-state index contributed by atoms with van der Waals surface area (Å²) in [5, 5.41) is 2.14. The highest BCUT2D eigenvalue weighted by Gasteiger charge is 2.33. The summed E-state index contributed by atoms with van der Waals surface area (Å²) in [6, 6.07) is -0.600. The van der Waals surface area contributed by atoms with Crippen molar-refractivity contribution >= 4 is 17.8 Å². The van der Waals surface area contributed by atoms with E-state index >= 15 is 0 Å². The molecule has 1 fully saturated rings. The molecular formula is C11H18N2O3. The van der Waals surface area contributed by atoms with Crippen molar-refractivity contribution in [3.8, 4) is 0 Å². The average Bonchev–Trinajstić information content (AvgIpc) is 2.08. The summed E-state index contributed by atoms with van der Waals surface area (Å²) in [7, 11) is 0. The topological polar surface area (TPSA) is 66.5 Å². The molecule has 1 saturated heterocycles. The van der Waals surface area contributed by atoms with E-state index in [1.807, 2.05) is 6.92 Å². The van der Waals surface area contributed by atoms with Gasteiger partial charge in [0.15, 0.2) is 0 Å². The summed E-state index contributed by atoms with van der Waals surface area (Å²) in [6.07, 6.45) is -0.234. The Kier molecular flexibility index (Phi) is 3.35. The molecule has 0 saturated carbocycles. The third-order valence-electron chi connectivity index (χ3n) is 3.04. The maximum absolute atomic E-state index is 11.5. The highest BCUT2D eigenvalue weighted by molar-refractivity contribution is 6.14. The van der Waals surface area contributed by atoms with Crippen LogP contribution in [0.4, 0.5) is 4.79 Å². The van der Waals surface area contributed by atoms with Gasteiger partial charge in [0.25, 0.3) is 0 Å². The Balaban J connectivity index is 2.70. The second-order valence-corrected chi connectivity index (χ2v) is 5.30. The molecule has 0 aliphatic carbocycles. The van der Waals surface area contributed by atoms with E-state index in [1.165, 1.54) is 0 Å². The lowest BCUT2D eigenvalue weighted by Gasteiger charge is -2.33. The van der Waals surface area contributed by atoms with Crippen LogP contribution in [0.5, 0.6) is 0 Å². The van der Waals surface area contributed by atoms with Crippen LogP contribution >= 0.6 is 0 Å². The van der Waals surface area contributed by atoms with Crippen LogP contribution < -0.4 is 5.32 Å². The zero-order chi connectivity index (χ0) is 12.5. The van der Waals surface area contributed by atoms with Gasteiger partial charge in [-0.15, -0.1) is 0 Å². The normalized spacial score (nSPS) is 19.8. The highest BCUT2D eigenvalue weighted by atomic mass is 16.2. The first-order chi connectivity index (χ1) is 7.21. The standard InChI is InChI=1S/C11H18N2O3/c1-7(11(2,3)4)6-13-9(15)5-8(14)12-10(13)16/h7H,5-6H2,1-4H3,(H,12,14,16). The van der Waals surface area contributed by atoms with Gasteiger partial charge < -0.3 is 0 Å². The molecule has 1 heterocycles. The van der Waals surface area contributed by atoms with Gasteiger partial charge in [-0.1, -0.05) is 27.7 Å². The number of hydrogen-bond acceptors (Lipinski definition) is 3. The van der Waals surface area contributed by atoms with E-state index in [1.54, 1.807) is 0 Å². The lowest BCUT2D eigenvalue weighted by atomic mass is 9.82. The van der Waals surface area contributed by atoms with Gasteiger partial charge in [-0.2, -0.15) is 0 Å². The molecular weight excluding hydrogens is 208 g/mol. The Morgan fingerprint density at radius 2 is 1.88 bits per heavy atom. The van der Waals surface area contributed by atoms with E-state index in [9.17, 15) is 14.4 Å². The number of nitrogens with one attached hydrogen (secondary N) is 1. The zero-order valence-corrected chi connectivity index (χ0v) is 10.2. The summed E-state index contributed by atoms with van der Waals surface area (Å²) in [5.74, 6) is -0.755. The third-order valence-corrected chi connectivity index (χ3v) is 3.04. The van der Waals surface area contributed by atoms with Crippen molar-refractivity contribution in [1.82, 2.24) is 10.2 Å². The number of amides is 4. The summed E-state index contributed by atoms with van der Waals surface area (Å²) in [4.78, 5) is 35.0. The van der Waals surface area contributed by atoms with Crippen LogP contribution in [0.2, 0.25) is 0 Å². The number of rotatable bonds is 2. The molecule has 5 nitrogen and oxygen atoms in total. The molecule has 1 N–H and O–H groups in total. The number of imide groups is 2. The van der Waals surface area contributed by atoms with Gasteiger partial charge in [-0.25, -0.2) is 4.79 Å². The minimum Gasteiger partial charge on any atom is -0.277 e. The molecule has 5 heteroatoms. The van der Waals surface area contributed by atoms with Crippen molar-refractivity contribution in [3.05, 3.63) is 0 Å². The van der Waals surface area contributed by atoms with Crippen LogP contribution in [-0.2, 0) is 9.59 Å². The summed E-state index contributed by atoms with van der Waals surface area (Å²) in [5.41, 5.74) is 0.0159. The van der Waals surface area contributed by atoms with Gasteiger partial charge in [0, 0.05) is 6.54 Å². The highest BCUT2D eigenvalue weighted by Crippen LogP contribution is 2.26. The monoisotopic (exact) mass is 226 g/mol. The van der Waals surface area contributed by atoms with Crippen LogP contribution in [0.25, 0.3) is 0 Å². The van der Waals surface area contributed by atoms with Crippen molar-refractivity contribution in [2.75, 3.05) is 6.54 Å². The Morgan fingerprint density at radius 3 is 2.31 bits per heavy atom. The minimum absolute atomic E-state index is 0.0159. The Morgan fingerprint density at radius 1 is 1.31 bits per heavy atom. The van der Waals surface area contributed by atoms with Gasteiger partial charge in [0.1, 0.15) is 6.42 Å². The molecule has 0 aromatic rings. The molecule has 90 valence electrons. The molecule has 0 spiro atoms. The van der Waals surface area contributed by atoms with Crippen molar-refractivity contribution in [2.24, 2.45) is 11.3 Å². The number of nitrogens with zero attached hydrogens (tertiary/aromatic N) is 1. The summed E-state index contributed by atoms with van der Waals surface area (Å²) in [6.45, 7) is 8.48. The van der Waals surface area contributed by atoms with Gasteiger partial charge in [-0.3, -0.25) is 19.8 Å². The molecule has 0 aromatic heterocycles. The quantitative estimate of drug-likeness (QED) is 0.718. The predicted molar refractivity (Wildman–Crippen MR) is 58.5 cm³/mol. The maximum Gasteiger partial charge on any atom is 0.330 e. The number of hydrogen-bond donors (Lipinski definition) is 1. The van der Waals surface area contributed by atoms with E-state index in [-0.39, 0.29) is 17.8 Å². The molecule has 4 amide bonds. The fraction of sp³-hybridized carbons (Fsp3) is 0.727. The first-order valence-corrected chi connectivity index (χ1v) is 5.36. The zero-order valence-electron chi connectivity index (χ0n) is 10.2. The van der Waals surface area contributed by atoms with Crippen LogP contribution in [0.15, 0.2) is 0 Å². The summed E-state index contributed by atoms with van der Waals surface area (Å²) < 4.78 is 0. The van der Waals surface area contributed by atoms with E-state index in [4.69, 9.17) is 0 Å². The van der Waals surface area contributed by atoms with Gasteiger partial charge in [-0.05, 0) is 11.3 Å². The Hall–Kier alpha value is -1.39. The first-order valence-electron chi connectivity index (χ1n) is 5.36. The predicted octanol–water partition coefficient (Wildman–Crippen LogP) is 1.14. The molecule has 1 aliphatic rings. The van der Waals surface area contributed by atoms with Gasteiger partial charge in [0.05, 0.1) is 0 Å². The van der Waals surface area contributed by atoms with E-state index in [2.05, 4.69) is 26.1 Å². The SMILES string of the molecule is CC(CN1C(=O)CC(=O)NC1=O)C(C)(C)C. The smallest absolute Gasteiger partial charge is 0.277 e. The van der Waals surface area contributed by atoms with E-state index < -0.39 is 17.8 Å². The molecule has 1 atom stereocenters. The van der Waals surface area contributed by atoms with Crippen LogP contribution in [0, 0.1) is 11.3 Å². The van der Waals surface area contributed by atoms with Crippen LogP contribution in [0.3, 0.4) is 0 Å². The van der Waals surface area contributed by atoms with Gasteiger partial charge in [0.2, 0.25) is 11.8 Å². The second kappa shape index (κ2) is 4.23. The lowest BCUT2D eigenvalue weighted by molar-refractivity contribution is -0.136. The first kappa shape index (κ1) is 12.7. The molecule has 0 bridgehead atoms. The van der Waals surface area contributed by atoms with Crippen molar-refractivity contribution < 1.29 is 14.4 Å². The van der Waals surface area contributed by atoms with Crippen molar-refractivity contribution in [2.45, 2.75) is 34.1 Å². The third kappa shape index (κ3) is 2.81. The lowest BCUT2D eigenvalue weighted by Crippen LogP contribution is -2.54. The van der Waals surface area contributed by atoms with Crippen LogP contribution in [0.1, 0.15) is 34.1 Å². The summed E-state index contributed by atoms with van der Waals surface area (Å²) >= 11 is 0. The molecule has 0 radical (unpaired) electrons. The Bertz CT molecular complexity index is 311. The molecule has 1 aliphatic heterocycles. The van der Waals surface area contributed by atoms with Gasteiger partial charge >= 0.3 is 6.03 Å². The number of carbonyl (C=O) groups excluding carboxylic acids is 3. The van der Waals surface area contributed by atoms with Crippen molar-refractivity contribution in [1.29, 1.82) is 0 Å². The van der Waals surface area contributed by atoms with E-state index in [0.29, 0.717) is 6.54 Å². The maximum atomic E-state index is 11.5. The molecule has 1 rings (SSSR count). The van der Waals surface area contributed by atoms with E-state index in [0.717, 1.165) is 4.90 Å². The molecule has 0 aromatic carbocycles. The van der Waals surface area contributed by atoms with Crippen molar-refractivity contribution in [3.63, 3.8) is 0 Å².